The van der Waals surface area contributed by atoms with E-state index in [1.54, 1.807) is 10.7 Å². The van der Waals surface area contributed by atoms with Gasteiger partial charge >= 0.3 is 0 Å². The first-order valence-corrected chi connectivity index (χ1v) is 13.9. The highest BCUT2D eigenvalue weighted by atomic mass is 32.2. The number of hydrogen-bond donors (Lipinski definition) is 1. The van der Waals surface area contributed by atoms with Crippen LogP contribution in [0.3, 0.4) is 0 Å². The van der Waals surface area contributed by atoms with Gasteiger partial charge in [-0.25, -0.2) is 8.42 Å². The molecule has 11 heteroatoms. The topological polar surface area (TPSA) is 119 Å². The van der Waals surface area contributed by atoms with Gasteiger partial charge in [-0.05, 0) is 60.5 Å². The molecule has 1 saturated heterocycles. The molecule has 2 heterocycles. The first-order valence-electron chi connectivity index (χ1n) is 12.1. The van der Waals surface area contributed by atoms with Crippen molar-refractivity contribution >= 4 is 15.7 Å². The van der Waals surface area contributed by atoms with Crippen molar-refractivity contribution < 1.29 is 17.9 Å². The lowest BCUT2D eigenvalue weighted by atomic mass is 10.0. The van der Waals surface area contributed by atoms with E-state index in [-0.39, 0.29) is 30.1 Å². The van der Waals surface area contributed by atoms with Gasteiger partial charge in [-0.15, -0.1) is 5.10 Å². The molecule has 2 aromatic carbocycles. The summed E-state index contributed by atoms with van der Waals surface area (Å²) < 4.78 is 30.5. The Balaban J connectivity index is 1.59. The largest absolute Gasteiger partial charge is 0.374 e. The van der Waals surface area contributed by atoms with Crippen LogP contribution in [-0.4, -0.2) is 83.2 Å². The lowest BCUT2D eigenvalue weighted by Crippen LogP contribution is -2.47. The zero-order valence-electron chi connectivity index (χ0n) is 20.8. The predicted octanol–water partition coefficient (Wildman–Crippen LogP) is 2.02. The minimum absolute atomic E-state index is 0.158. The fourth-order valence-corrected chi connectivity index (χ4v) is 5.42. The van der Waals surface area contributed by atoms with E-state index >= 15 is 0 Å². The quantitative estimate of drug-likeness (QED) is 0.463. The fraction of sp³-hybridized carbons (Fsp3) is 0.440. The summed E-state index contributed by atoms with van der Waals surface area (Å²) >= 11 is 0. The van der Waals surface area contributed by atoms with E-state index in [2.05, 4.69) is 25.7 Å². The van der Waals surface area contributed by atoms with Crippen LogP contribution in [0.4, 0.5) is 0 Å². The van der Waals surface area contributed by atoms with E-state index in [4.69, 9.17) is 4.74 Å². The summed E-state index contributed by atoms with van der Waals surface area (Å²) in [6.07, 6.45) is 0. The third-order valence-electron chi connectivity index (χ3n) is 6.13. The van der Waals surface area contributed by atoms with Crippen molar-refractivity contribution in [3.05, 3.63) is 59.4 Å². The van der Waals surface area contributed by atoms with Gasteiger partial charge < -0.3 is 10.1 Å². The number of rotatable bonds is 9. The molecular weight excluding hydrogens is 480 g/mol. The molecule has 0 radical (unpaired) electrons. The maximum absolute atomic E-state index is 13.3. The molecule has 0 aliphatic carbocycles. The van der Waals surface area contributed by atoms with E-state index in [1.165, 1.54) is 0 Å². The number of ether oxygens (including phenoxy) is 1. The van der Waals surface area contributed by atoms with Gasteiger partial charge in [-0.1, -0.05) is 29.8 Å². The van der Waals surface area contributed by atoms with E-state index in [9.17, 15) is 13.2 Å². The van der Waals surface area contributed by atoms with Crippen LogP contribution in [0.25, 0.3) is 16.8 Å². The maximum Gasteiger partial charge on any atom is 0.251 e. The minimum atomic E-state index is -2.94. The van der Waals surface area contributed by atoms with Gasteiger partial charge in [-0.2, -0.15) is 4.68 Å². The molecule has 1 aliphatic heterocycles. The van der Waals surface area contributed by atoms with Crippen LogP contribution in [0.15, 0.2) is 42.5 Å². The molecule has 1 amide bonds. The summed E-state index contributed by atoms with van der Waals surface area (Å²) in [5.41, 5.74) is 4.12. The smallest absolute Gasteiger partial charge is 0.251 e. The number of hydrogen-bond acceptors (Lipinski definition) is 8. The standard InChI is InChI=1S/C25H32N6O4S/c1-4-35-17-24-27-28-29-31(24)23-14-21(20-7-5-18(2)6-8-20)13-22(15-23)25(32)26-19(3)16-30-9-11-36(33,34)12-10-30/h5-8,13-15,19H,4,9-12,16-17H2,1-3H3,(H,26,32). The molecule has 0 bridgehead atoms. The van der Waals surface area contributed by atoms with Gasteiger partial charge in [-0.3, -0.25) is 9.69 Å². The van der Waals surface area contributed by atoms with Gasteiger partial charge in [0.25, 0.3) is 5.91 Å². The normalized spacial score (nSPS) is 16.5. The van der Waals surface area contributed by atoms with Crippen molar-refractivity contribution in [2.45, 2.75) is 33.4 Å². The van der Waals surface area contributed by atoms with Crippen molar-refractivity contribution in [2.75, 3.05) is 37.7 Å². The van der Waals surface area contributed by atoms with Gasteiger partial charge in [0.2, 0.25) is 0 Å². The molecular formula is C25H32N6O4S. The molecule has 0 saturated carbocycles. The summed E-state index contributed by atoms with van der Waals surface area (Å²) in [4.78, 5) is 15.4. The molecule has 1 aromatic heterocycles. The van der Waals surface area contributed by atoms with Gasteiger partial charge in [0.05, 0.1) is 17.2 Å². The predicted molar refractivity (Wildman–Crippen MR) is 137 cm³/mol. The van der Waals surface area contributed by atoms with Crippen LogP contribution in [0.1, 0.15) is 35.6 Å². The molecule has 1 N–H and O–H groups in total. The second-order valence-electron chi connectivity index (χ2n) is 9.11. The summed E-state index contributed by atoms with van der Waals surface area (Å²) in [5.74, 6) is 0.636. The number of tetrazole rings is 1. The highest BCUT2D eigenvalue weighted by molar-refractivity contribution is 7.91. The molecule has 192 valence electrons. The minimum Gasteiger partial charge on any atom is -0.374 e. The van der Waals surface area contributed by atoms with Crippen LogP contribution in [0.2, 0.25) is 0 Å². The van der Waals surface area contributed by atoms with Crippen molar-refractivity contribution in [1.29, 1.82) is 0 Å². The maximum atomic E-state index is 13.3. The summed E-state index contributed by atoms with van der Waals surface area (Å²) in [6, 6.07) is 13.5. The van der Waals surface area contributed by atoms with Crippen molar-refractivity contribution in [1.82, 2.24) is 30.4 Å². The Bertz CT molecular complexity index is 1290. The van der Waals surface area contributed by atoms with E-state index in [0.717, 1.165) is 16.7 Å². The fourth-order valence-electron chi connectivity index (χ4n) is 4.14. The molecule has 1 atom stereocenters. The highest BCUT2D eigenvalue weighted by Gasteiger charge is 2.23. The zero-order valence-corrected chi connectivity index (χ0v) is 21.7. The molecule has 3 aromatic rings. The average molecular weight is 513 g/mol. The van der Waals surface area contributed by atoms with Crippen molar-refractivity contribution in [2.24, 2.45) is 0 Å². The molecule has 1 fully saturated rings. The Morgan fingerprint density at radius 3 is 2.53 bits per heavy atom. The molecule has 1 aliphatic rings. The number of aryl methyl sites for hydroxylation is 1. The van der Waals surface area contributed by atoms with Crippen LogP contribution < -0.4 is 5.32 Å². The number of nitrogens with zero attached hydrogens (tertiary/aromatic N) is 5. The Labute approximate surface area is 211 Å². The molecule has 10 nitrogen and oxygen atoms in total. The highest BCUT2D eigenvalue weighted by Crippen LogP contribution is 2.25. The monoisotopic (exact) mass is 512 g/mol. The number of carbonyl (C=O) groups excluding carboxylic acids is 1. The summed E-state index contributed by atoms with van der Waals surface area (Å²) in [5, 5.41) is 15.1. The first kappa shape index (κ1) is 25.9. The summed E-state index contributed by atoms with van der Waals surface area (Å²) in [6.45, 7) is 8.19. The number of amides is 1. The van der Waals surface area contributed by atoms with Gasteiger partial charge in [0, 0.05) is 37.8 Å². The summed E-state index contributed by atoms with van der Waals surface area (Å²) in [7, 11) is -2.94. The van der Waals surface area contributed by atoms with Crippen LogP contribution >= 0.6 is 0 Å². The molecule has 36 heavy (non-hydrogen) atoms. The number of sulfone groups is 1. The van der Waals surface area contributed by atoms with Crippen LogP contribution in [-0.2, 0) is 21.2 Å². The Kier molecular flexibility index (Phi) is 8.12. The lowest BCUT2D eigenvalue weighted by Gasteiger charge is -2.29. The number of carbonyl (C=O) groups is 1. The zero-order chi connectivity index (χ0) is 25.7. The van der Waals surface area contributed by atoms with Gasteiger partial charge in [0.15, 0.2) is 15.7 Å². The van der Waals surface area contributed by atoms with Crippen LogP contribution in [0, 0.1) is 6.92 Å². The Morgan fingerprint density at radius 2 is 1.83 bits per heavy atom. The second kappa shape index (κ2) is 11.3. The van der Waals surface area contributed by atoms with Gasteiger partial charge in [0.1, 0.15) is 6.61 Å². The second-order valence-corrected chi connectivity index (χ2v) is 11.4. The first-order chi connectivity index (χ1) is 17.2. The number of aromatic nitrogens is 4. The average Bonchev–Trinajstić information content (AvgIpc) is 3.33. The number of nitrogens with one attached hydrogen (secondary N) is 1. The number of benzene rings is 2. The molecule has 0 spiro atoms. The lowest BCUT2D eigenvalue weighted by molar-refractivity contribution is 0.0930. The Morgan fingerprint density at radius 1 is 1.11 bits per heavy atom. The third kappa shape index (κ3) is 6.54. The Hall–Kier alpha value is -3.15. The van der Waals surface area contributed by atoms with E-state index in [1.807, 2.05) is 57.2 Å². The van der Waals surface area contributed by atoms with Crippen LogP contribution in [0.5, 0.6) is 0 Å². The van der Waals surface area contributed by atoms with E-state index < -0.39 is 9.84 Å². The van der Waals surface area contributed by atoms with Crippen molar-refractivity contribution in [3.8, 4) is 16.8 Å². The third-order valence-corrected chi connectivity index (χ3v) is 7.73. The van der Waals surface area contributed by atoms with E-state index in [0.29, 0.717) is 43.3 Å². The molecule has 4 rings (SSSR count). The van der Waals surface area contributed by atoms with Crippen molar-refractivity contribution in [3.63, 3.8) is 0 Å². The SMILES string of the molecule is CCOCc1nnnn1-c1cc(C(=O)NC(C)CN2CCS(=O)(=O)CC2)cc(-c2ccc(C)cc2)c1. The molecule has 1 unspecified atom stereocenters.